The summed E-state index contributed by atoms with van der Waals surface area (Å²) in [5.74, 6) is -4.05. The van der Waals surface area contributed by atoms with Crippen molar-refractivity contribution < 1.29 is 32.3 Å². The van der Waals surface area contributed by atoms with Crippen molar-refractivity contribution in [1.82, 2.24) is 16.0 Å². The summed E-state index contributed by atoms with van der Waals surface area (Å²) in [6.07, 6.45) is 0.136. The molecule has 9 nitrogen and oxygen atoms in total. The Bertz CT molecular complexity index is 1490. The number of ether oxygens (including phenoxy) is 1. The Hall–Kier alpha value is -3.83. The highest BCUT2D eigenvalue weighted by atomic mass is 19.3. The van der Waals surface area contributed by atoms with Crippen LogP contribution >= 0.6 is 0 Å². The first kappa shape index (κ1) is 27.3. The Morgan fingerprint density at radius 3 is 2.27 bits per heavy atom. The van der Waals surface area contributed by atoms with E-state index in [9.17, 15) is 23.2 Å². The molecule has 3 aliphatic rings. The van der Waals surface area contributed by atoms with E-state index in [1.54, 1.807) is 18.0 Å². The molecule has 0 unspecified atom stereocenters. The van der Waals surface area contributed by atoms with Gasteiger partial charge in [0, 0.05) is 30.5 Å². The van der Waals surface area contributed by atoms with Gasteiger partial charge in [0.25, 0.3) is 11.8 Å². The summed E-state index contributed by atoms with van der Waals surface area (Å²) >= 11 is 0. The van der Waals surface area contributed by atoms with E-state index >= 15 is 0 Å². The molecular weight excluding hydrogens is 534 g/mol. The molecule has 1 aromatic heterocycles. The highest BCUT2D eigenvalue weighted by molar-refractivity contribution is 6.01. The molecule has 0 bridgehead atoms. The molecule has 41 heavy (non-hydrogen) atoms. The van der Waals surface area contributed by atoms with Gasteiger partial charge in [-0.3, -0.25) is 19.7 Å². The van der Waals surface area contributed by atoms with Gasteiger partial charge in [0.05, 0.1) is 12.3 Å². The monoisotopic (exact) mass is 566 g/mol. The van der Waals surface area contributed by atoms with E-state index in [-0.39, 0.29) is 31.1 Å². The van der Waals surface area contributed by atoms with Crippen molar-refractivity contribution in [3.8, 4) is 11.1 Å². The van der Waals surface area contributed by atoms with Gasteiger partial charge in [-0.1, -0.05) is 24.3 Å². The second-order valence-electron chi connectivity index (χ2n) is 11.2. The number of furan rings is 1. The van der Waals surface area contributed by atoms with Crippen molar-refractivity contribution in [1.29, 1.82) is 0 Å². The lowest BCUT2D eigenvalue weighted by molar-refractivity contribution is -0.134. The van der Waals surface area contributed by atoms with Crippen molar-refractivity contribution in [3.05, 3.63) is 54.3 Å². The maximum absolute atomic E-state index is 14.0. The van der Waals surface area contributed by atoms with Crippen LogP contribution in [0, 0.1) is 0 Å². The van der Waals surface area contributed by atoms with Crippen LogP contribution in [0.4, 0.5) is 14.5 Å². The van der Waals surface area contributed by atoms with Crippen LogP contribution in [-0.2, 0) is 14.3 Å². The van der Waals surface area contributed by atoms with E-state index < -0.39 is 41.8 Å². The molecule has 3 amide bonds. The topological polar surface area (TPSA) is 113 Å². The number of nitrogens with zero attached hydrogens (tertiary/aromatic N) is 1. The van der Waals surface area contributed by atoms with Gasteiger partial charge in [0.2, 0.25) is 11.8 Å². The Morgan fingerprint density at radius 1 is 0.902 bits per heavy atom. The van der Waals surface area contributed by atoms with Crippen LogP contribution < -0.4 is 20.9 Å². The average molecular weight is 567 g/mol. The molecule has 216 valence electrons. The van der Waals surface area contributed by atoms with Gasteiger partial charge in [-0.25, -0.2) is 8.78 Å². The zero-order valence-corrected chi connectivity index (χ0v) is 22.7. The third-order valence-electron chi connectivity index (χ3n) is 8.45. The Morgan fingerprint density at radius 2 is 1.61 bits per heavy atom. The van der Waals surface area contributed by atoms with E-state index in [2.05, 4.69) is 16.0 Å². The third kappa shape index (κ3) is 5.43. The molecule has 0 radical (unpaired) electrons. The first-order valence-electron chi connectivity index (χ1n) is 13.9. The predicted octanol–water partition coefficient (Wildman–Crippen LogP) is 3.97. The zero-order chi connectivity index (χ0) is 28.8. The van der Waals surface area contributed by atoms with Crippen molar-refractivity contribution >= 4 is 34.4 Å². The Balaban J connectivity index is 1.21. The van der Waals surface area contributed by atoms with Crippen LogP contribution in [0.5, 0.6) is 0 Å². The van der Waals surface area contributed by atoms with Crippen LogP contribution in [0.2, 0.25) is 0 Å². The molecule has 1 saturated heterocycles. The fraction of sp³-hybridized carbons (Fsp3) is 0.433. The van der Waals surface area contributed by atoms with Crippen molar-refractivity contribution in [2.24, 2.45) is 0 Å². The molecule has 0 spiro atoms. The molecule has 2 aromatic carbocycles. The second-order valence-corrected chi connectivity index (χ2v) is 11.2. The summed E-state index contributed by atoms with van der Waals surface area (Å²) < 4.78 is 39.2. The number of carbonyl (C=O) groups is 3. The van der Waals surface area contributed by atoms with Gasteiger partial charge in [0.15, 0.2) is 5.76 Å². The molecule has 2 aliphatic carbocycles. The number of halogens is 2. The van der Waals surface area contributed by atoms with E-state index in [1.807, 2.05) is 42.5 Å². The number of benzene rings is 2. The van der Waals surface area contributed by atoms with E-state index in [1.165, 1.54) is 0 Å². The minimum atomic E-state index is -2.87. The summed E-state index contributed by atoms with van der Waals surface area (Å²) in [5, 5.41) is 9.44. The van der Waals surface area contributed by atoms with Crippen LogP contribution in [-0.4, -0.2) is 61.7 Å². The lowest BCUT2D eigenvalue weighted by atomic mass is 9.78. The molecule has 6 rings (SSSR count). The molecule has 11 heteroatoms. The Labute approximate surface area is 235 Å². The quantitative estimate of drug-likeness (QED) is 0.373. The molecule has 0 atom stereocenters. The number of carbonyl (C=O) groups excluding carboxylic acids is 3. The van der Waals surface area contributed by atoms with Crippen LogP contribution in [0.3, 0.4) is 0 Å². The van der Waals surface area contributed by atoms with Gasteiger partial charge in [-0.05, 0) is 68.1 Å². The maximum Gasteiger partial charge on any atom is 0.287 e. The largest absolute Gasteiger partial charge is 0.451 e. The minimum Gasteiger partial charge on any atom is -0.451 e. The van der Waals surface area contributed by atoms with Gasteiger partial charge < -0.3 is 24.7 Å². The normalized spacial score (nSPS) is 21.0. The average Bonchev–Trinajstić information content (AvgIpc) is 3.61. The summed E-state index contributed by atoms with van der Waals surface area (Å²) in [4.78, 5) is 40.5. The highest BCUT2D eigenvalue weighted by Crippen LogP contribution is 2.40. The Kier molecular flexibility index (Phi) is 6.82. The zero-order valence-electron chi connectivity index (χ0n) is 22.7. The fourth-order valence-electron chi connectivity index (χ4n) is 5.58. The summed E-state index contributed by atoms with van der Waals surface area (Å²) in [6.45, 7) is 1.07. The lowest BCUT2D eigenvalue weighted by Crippen LogP contribution is -2.64. The fourth-order valence-corrected chi connectivity index (χ4v) is 5.58. The smallest absolute Gasteiger partial charge is 0.287 e. The minimum absolute atomic E-state index is 0.00223. The van der Waals surface area contributed by atoms with E-state index in [4.69, 9.17) is 9.15 Å². The number of hydrogen-bond acceptors (Lipinski definition) is 6. The molecule has 2 heterocycles. The van der Waals surface area contributed by atoms with Crippen LogP contribution in [0.25, 0.3) is 22.1 Å². The third-order valence-corrected chi connectivity index (χ3v) is 8.45. The first-order chi connectivity index (χ1) is 19.6. The van der Waals surface area contributed by atoms with Gasteiger partial charge >= 0.3 is 0 Å². The van der Waals surface area contributed by atoms with Crippen LogP contribution in [0.15, 0.2) is 52.9 Å². The molecular formula is C30H32F2N4O5. The number of fused-ring (bicyclic) bond motifs is 1. The number of morpholine rings is 1. The SMILES string of the molecule is CNC1(NC(=O)C2(NC(=O)c3cc4ccc(-c5ccc(N6CCOCC6=O)cc5)cc4o3)CCC(F)(F)CC2)CC1. The first-order valence-corrected chi connectivity index (χ1v) is 13.9. The molecule has 3 aromatic rings. The standard InChI is InChI=1S/C30H32F2N4O5/c1-33-30(12-13-30)35-27(39)28(8-10-29(31,32)11-9-28)34-26(38)24-17-21-3-2-20(16-23(21)41-24)19-4-6-22(7-5-19)36-14-15-40-18-25(36)37/h2-7,16-17,33H,8-15,18H2,1H3,(H,34,38)(H,35,39). The summed E-state index contributed by atoms with van der Waals surface area (Å²) in [5.41, 5.74) is 1.00. The molecule has 3 fully saturated rings. The maximum atomic E-state index is 14.0. The van der Waals surface area contributed by atoms with Crippen LogP contribution in [0.1, 0.15) is 49.1 Å². The van der Waals surface area contributed by atoms with E-state index in [0.717, 1.165) is 29.7 Å². The molecule has 3 N–H and O–H groups in total. The van der Waals surface area contributed by atoms with Gasteiger partial charge in [-0.15, -0.1) is 0 Å². The highest BCUT2D eigenvalue weighted by Gasteiger charge is 2.52. The molecule has 2 saturated carbocycles. The number of alkyl halides is 2. The summed E-state index contributed by atoms with van der Waals surface area (Å²) in [6, 6.07) is 14.7. The predicted molar refractivity (Wildman–Crippen MR) is 148 cm³/mol. The number of amides is 3. The second kappa shape index (κ2) is 10.2. The van der Waals surface area contributed by atoms with Gasteiger partial charge in [0.1, 0.15) is 17.7 Å². The number of rotatable bonds is 7. The van der Waals surface area contributed by atoms with Crippen molar-refractivity contribution in [2.45, 2.75) is 55.6 Å². The summed E-state index contributed by atoms with van der Waals surface area (Å²) in [7, 11) is 1.73. The number of anilines is 1. The lowest BCUT2D eigenvalue weighted by Gasteiger charge is -2.40. The van der Waals surface area contributed by atoms with Gasteiger partial charge in [-0.2, -0.15) is 0 Å². The number of nitrogens with one attached hydrogen (secondary N) is 3. The van der Waals surface area contributed by atoms with E-state index in [0.29, 0.717) is 24.1 Å². The molecule has 1 aliphatic heterocycles. The van der Waals surface area contributed by atoms with Crippen molar-refractivity contribution in [2.75, 3.05) is 31.7 Å². The van der Waals surface area contributed by atoms with Crippen molar-refractivity contribution in [3.63, 3.8) is 0 Å². The number of hydrogen-bond donors (Lipinski definition) is 3.